The summed E-state index contributed by atoms with van der Waals surface area (Å²) in [6.07, 6.45) is 5.42. The van der Waals surface area contributed by atoms with Gasteiger partial charge in [-0.25, -0.2) is 4.39 Å². The maximum atomic E-state index is 13.9. The van der Waals surface area contributed by atoms with Crippen LogP contribution in [0.15, 0.2) is 18.2 Å². The van der Waals surface area contributed by atoms with Crippen molar-refractivity contribution in [3.63, 3.8) is 0 Å². The Kier molecular flexibility index (Phi) is 7.92. The Morgan fingerprint density at radius 3 is 2.17 bits per heavy atom. The van der Waals surface area contributed by atoms with E-state index in [9.17, 15) is 9.18 Å². The number of benzene rings is 1. The normalized spacial score (nSPS) is 11.8. The summed E-state index contributed by atoms with van der Waals surface area (Å²) in [6.45, 7) is 12.3. The number of anilines is 1. The van der Waals surface area contributed by atoms with Crippen molar-refractivity contribution in [3.8, 4) is 0 Å². The summed E-state index contributed by atoms with van der Waals surface area (Å²) < 4.78 is 13.9. The number of carbonyl (C=O) groups excluding carboxylic acids is 1. The van der Waals surface area contributed by atoms with E-state index in [-0.39, 0.29) is 17.8 Å². The third-order valence-electron chi connectivity index (χ3n) is 4.98. The summed E-state index contributed by atoms with van der Waals surface area (Å²) >= 11 is 0. The van der Waals surface area contributed by atoms with Gasteiger partial charge in [-0.15, -0.1) is 0 Å². The van der Waals surface area contributed by atoms with Crippen LogP contribution in [0.2, 0.25) is 0 Å². The number of nitrogens with zero attached hydrogens (tertiary/aromatic N) is 1. The molecular formula is C21H34FNO. The Morgan fingerprint density at radius 2 is 1.71 bits per heavy atom. The standard InChI is InChI=1S/C21H34FNO/c1-7-11-17(12-8-2)23(20(24)21(5,6)10-4)18-13-14-19(22)16(9-3)15-18/h13-15,17H,7-12H2,1-6H3. The molecule has 0 saturated carbocycles. The Balaban J connectivity index is 3.38. The van der Waals surface area contributed by atoms with Crippen LogP contribution in [-0.2, 0) is 11.2 Å². The molecule has 3 heteroatoms. The number of hydrogen-bond donors (Lipinski definition) is 0. The molecule has 0 saturated heterocycles. The predicted octanol–water partition coefficient (Wildman–Crippen LogP) is 6.13. The molecule has 0 fully saturated rings. The van der Waals surface area contributed by atoms with Crippen LogP contribution in [0.3, 0.4) is 0 Å². The molecule has 0 unspecified atom stereocenters. The first-order chi connectivity index (χ1) is 11.3. The average molecular weight is 336 g/mol. The molecule has 0 N–H and O–H groups in total. The van der Waals surface area contributed by atoms with Crippen LogP contribution in [0.5, 0.6) is 0 Å². The Labute approximate surface area is 147 Å². The molecule has 0 heterocycles. The van der Waals surface area contributed by atoms with Gasteiger partial charge in [-0.3, -0.25) is 4.79 Å². The minimum atomic E-state index is -0.416. The van der Waals surface area contributed by atoms with Crippen molar-refractivity contribution in [3.05, 3.63) is 29.6 Å². The third kappa shape index (κ3) is 4.81. The Morgan fingerprint density at radius 1 is 1.12 bits per heavy atom. The van der Waals surface area contributed by atoms with E-state index >= 15 is 0 Å². The summed E-state index contributed by atoms with van der Waals surface area (Å²) in [5.41, 5.74) is 1.10. The van der Waals surface area contributed by atoms with E-state index in [1.165, 1.54) is 6.07 Å². The molecule has 1 aromatic carbocycles. The molecule has 1 aromatic rings. The highest BCUT2D eigenvalue weighted by Gasteiger charge is 2.34. The van der Waals surface area contributed by atoms with E-state index in [4.69, 9.17) is 0 Å². The second kappa shape index (κ2) is 9.19. The summed E-state index contributed by atoms with van der Waals surface area (Å²) in [5, 5.41) is 0. The van der Waals surface area contributed by atoms with Crippen LogP contribution in [0.1, 0.15) is 79.2 Å². The Hall–Kier alpha value is -1.38. The van der Waals surface area contributed by atoms with Gasteiger partial charge in [0.2, 0.25) is 5.91 Å². The molecule has 1 amide bonds. The van der Waals surface area contributed by atoms with Crippen molar-refractivity contribution >= 4 is 11.6 Å². The topological polar surface area (TPSA) is 20.3 Å². The fourth-order valence-electron chi connectivity index (χ4n) is 3.02. The molecule has 0 aromatic heterocycles. The molecule has 0 aliphatic carbocycles. The molecule has 0 bridgehead atoms. The summed E-state index contributed by atoms with van der Waals surface area (Å²) in [4.78, 5) is 15.3. The second-order valence-electron chi connectivity index (χ2n) is 7.27. The van der Waals surface area contributed by atoms with Gasteiger partial charge in [-0.1, -0.05) is 54.4 Å². The molecule has 0 spiro atoms. The van der Waals surface area contributed by atoms with Crippen LogP contribution in [0.25, 0.3) is 0 Å². The largest absolute Gasteiger partial charge is 0.309 e. The summed E-state index contributed by atoms with van der Waals surface area (Å²) in [5.74, 6) is -0.0449. The van der Waals surface area contributed by atoms with Gasteiger partial charge in [-0.05, 0) is 49.4 Å². The van der Waals surface area contributed by atoms with E-state index in [1.807, 2.05) is 38.7 Å². The summed E-state index contributed by atoms with van der Waals surface area (Å²) in [6, 6.07) is 5.30. The average Bonchev–Trinajstić information content (AvgIpc) is 2.56. The van der Waals surface area contributed by atoms with Crippen LogP contribution < -0.4 is 4.90 Å². The van der Waals surface area contributed by atoms with Gasteiger partial charge in [0.05, 0.1) is 0 Å². The monoisotopic (exact) mass is 335 g/mol. The maximum Gasteiger partial charge on any atom is 0.232 e. The second-order valence-corrected chi connectivity index (χ2v) is 7.27. The highest BCUT2D eigenvalue weighted by Crippen LogP contribution is 2.32. The highest BCUT2D eigenvalue weighted by atomic mass is 19.1. The van der Waals surface area contributed by atoms with E-state index in [2.05, 4.69) is 13.8 Å². The maximum absolute atomic E-state index is 13.9. The third-order valence-corrected chi connectivity index (χ3v) is 4.98. The van der Waals surface area contributed by atoms with Gasteiger partial charge < -0.3 is 4.90 Å². The van der Waals surface area contributed by atoms with Crippen molar-refractivity contribution in [2.45, 2.75) is 86.1 Å². The van der Waals surface area contributed by atoms with Crippen LogP contribution >= 0.6 is 0 Å². The smallest absolute Gasteiger partial charge is 0.232 e. The van der Waals surface area contributed by atoms with E-state index < -0.39 is 5.41 Å². The fourth-order valence-corrected chi connectivity index (χ4v) is 3.02. The lowest BCUT2D eigenvalue weighted by atomic mass is 9.87. The minimum Gasteiger partial charge on any atom is -0.309 e. The lowest BCUT2D eigenvalue weighted by Crippen LogP contribution is -2.47. The predicted molar refractivity (Wildman–Crippen MR) is 101 cm³/mol. The van der Waals surface area contributed by atoms with Gasteiger partial charge in [0.1, 0.15) is 5.82 Å². The van der Waals surface area contributed by atoms with Gasteiger partial charge >= 0.3 is 0 Å². The first-order valence-electron chi connectivity index (χ1n) is 9.44. The van der Waals surface area contributed by atoms with Gasteiger partial charge in [-0.2, -0.15) is 0 Å². The fraction of sp³-hybridized carbons (Fsp3) is 0.667. The van der Waals surface area contributed by atoms with Crippen molar-refractivity contribution in [1.29, 1.82) is 0 Å². The number of halogens is 1. The number of rotatable bonds is 9. The minimum absolute atomic E-state index is 0.144. The van der Waals surface area contributed by atoms with Crippen LogP contribution in [0, 0.1) is 11.2 Å². The van der Waals surface area contributed by atoms with E-state index in [0.717, 1.165) is 37.8 Å². The molecule has 2 nitrogen and oxygen atoms in total. The van der Waals surface area contributed by atoms with Gasteiger partial charge in [0.25, 0.3) is 0 Å². The van der Waals surface area contributed by atoms with Crippen LogP contribution in [-0.4, -0.2) is 11.9 Å². The van der Waals surface area contributed by atoms with E-state index in [1.54, 1.807) is 6.07 Å². The quantitative estimate of drug-likeness (QED) is 0.532. The van der Waals surface area contributed by atoms with E-state index in [0.29, 0.717) is 12.0 Å². The molecule has 24 heavy (non-hydrogen) atoms. The zero-order chi connectivity index (χ0) is 18.3. The lowest BCUT2D eigenvalue weighted by molar-refractivity contribution is -0.127. The molecule has 136 valence electrons. The molecule has 0 radical (unpaired) electrons. The van der Waals surface area contributed by atoms with Crippen molar-refractivity contribution in [1.82, 2.24) is 0 Å². The number of hydrogen-bond acceptors (Lipinski definition) is 1. The molecule has 0 aliphatic rings. The Bertz CT molecular complexity index is 533. The molecule has 0 aliphatic heterocycles. The first-order valence-corrected chi connectivity index (χ1v) is 9.44. The lowest BCUT2D eigenvalue weighted by Gasteiger charge is -2.37. The zero-order valence-electron chi connectivity index (χ0n) is 16.3. The van der Waals surface area contributed by atoms with Crippen molar-refractivity contribution < 1.29 is 9.18 Å². The summed E-state index contributed by atoms with van der Waals surface area (Å²) in [7, 11) is 0. The molecule has 1 rings (SSSR count). The first kappa shape index (κ1) is 20.7. The molecule has 0 atom stereocenters. The van der Waals surface area contributed by atoms with Gasteiger partial charge in [0, 0.05) is 17.1 Å². The highest BCUT2D eigenvalue weighted by molar-refractivity contribution is 5.97. The van der Waals surface area contributed by atoms with Crippen LogP contribution in [0.4, 0.5) is 10.1 Å². The number of amides is 1. The van der Waals surface area contributed by atoms with Crippen molar-refractivity contribution in [2.24, 2.45) is 5.41 Å². The molecular weight excluding hydrogens is 301 g/mol. The van der Waals surface area contributed by atoms with Crippen molar-refractivity contribution in [2.75, 3.05) is 4.90 Å². The number of carbonyl (C=O) groups is 1. The SMILES string of the molecule is CCCC(CCC)N(C(=O)C(C)(C)CC)c1ccc(F)c(CC)c1. The zero-order valence-corrected chi connectivity index (χ0v) is 16.3. The van der Waals surface area contributed by atoms with Gasteiger partial charge in [0.15, 0.2) is 0 Å². The number of aryl methyl sites for hydroxylation is 1.